The lowest BCUT2D eigenvalue weighted by atomic mass is 10.2. The molecule has 0 amide bonds. The number of thiazole rings is 1. The number of pyridine rings is 1. The van der Waals surface area contributed by atoms with Gasteiger partial charge in [-0.3, -0.25) is 4.99 Å². The first-order valence-electron chi connectivity index (χ1n) is 9.19. The molecule has 0 unspecified atom stereocenters. The molecular formula is C18H25F3IN7S. The lowest BCUT2D eigenvalue weighted by molar-refractivity contribution is -0.140. The van der Waals surface area contributed by atoms with Gasteiger partial charge in [-0.05, 0) is 24.7 Å². The summed E-state index contributed by atoms with van der Waals surface area (Å²) in [7, 11) is 3.72. The van der Waals surface area contributed by atoms with Crippen LogP contribution in [0.3, 0.4) is 0 Å². The Balaban J connectivity index is 0.00000320. The summed E-state index contributed by atoms with van der Waals surface area (Å²) in [4.78, 5) is 16.7. The number of aromatic nitrogens is 2. The molecule has 2 aromatic heterocycles. The molecule has 0 radical (unpaired) electrons. The van der Waals surface area contributed by atoms with E-state index in [0.717, 1.165) is 54.3 Å². The van der Waals surface area contributed by atoms with Gasteiger partial charge in [-0.2, -0.15) is 13.2 Å². The molecule has 1 saturated heterocycles. The van der Waals surface area contributed by atoms with Gasteiger partial charge in [0.1, 0.15) is 10.8 Å². The van der Waals surface area contributed by atoms with Crippen LogP contribution in [0.1, 0.15) is 16.3 Å². The number of likely N-dealkylation sites (N-methyl/N-ethyl adjacent to an activating group) is 1. The molecule has 1 fully saturated rings. The Kier molecular flexibility index (Phi) is 9.09. The highest BCUT2D eigenvalue weighted by Gasteiger charge is 2.33. The zero-order valence-electron chi connectivity index (χ0n) is 16.7. The Hall–Kier alpha value is -1.67. The summed E-state index contributed by atoms with van der Waals surface area (Å²) in [5, 5.41) is 7.53. The lowest BCUT2D eigenvalue weighted by Crippen LogP contribution is -2.44. The number of anilines is 1. The van der Waals surface area contributed by atoms with E-state index in [9.17, 15) is 13.2 Å². The summed E-state index contributed by atoms with van der Waals surface area (Å²) in [5.41, 5.74) is 0.181. The fourth-order valence-corrected chi connectivity index (χ4v) is 3.61. The quantitative estimate of drug-likeness (QED) is 0.336. The highest BCUT2D eigenvalue weighted by Crippen LogP contribution is 2.29. The SMILES string of the molecule is CN=C(NCc1ccnc(N2CCN(C)CC2)c1)NCc1nc(C(F)(F)F)cs1.I. The number of hydrogen-bond donors (Lipinski definition) is 2. The monoisotopic (exact) mass is 555 g/mol. The predicted molar refractivity (Wildman–Crippen MR) is 124 cm³/mol. The van der Waals surface area contributed by atoms with E-state index in [2.05, 4.69) is 42.4 Å². The van der Waals surface area contributed by atoms with Crippen molar-refractivity contribution in [3.8, 4) is 0 Å². The van der Waals surface area contributed by atoms with E-state index in [0.29, 0.717) is 17.5 Å². The summed E-state index contributed by atoms with van der Waals surface area (Å²) < 4.78 is 37.9. The van der Waals surface area contributed by atoms with Crippen LogP contribution in [-0.4, -0.2) is 61.1 Å². The Morgan fingerprint density at radius 3 is 2.53 bits per heavy atom. The smallest absolute Gasteiger partial charge is 0.354 e. The Morgan fingerprint density at radius 2 is 1.90 bits per heavy atom. The first-order valence-corrected chi connectivity index (χ1v) is 10.1. The van der Waals surface area contributed by atoms with Crippen molar-refractivity contribution in [1.29, 1.82) is 0 Å². The molecule has 1 aliphatic heterocycles. The second-order valence-corrected chi connectivity index (χ2v) is 7.66. The summed E-state index contributed by atoms with van der Waals surface area (Å²) >= 11 is 0.968. The van der Waals surface area contributed by atoms with E-state index < -0.39 is 11.9 Å². The molecule has 0 aliphatic carbocycles. The third kappa shape index (κ3) is 6.94. The van der Waals surface area contributed by atoms with Gasteiger partial charge >= 0.3 is 6.18 Å². The van der Waals surface area contributed by atoms with Crippen molar-refractivity contribution in [2.45, 2.75) is 19.3 Å². The number of aliphatic imine (C=N–C) groups is 1. The van der Waals surface area contributed by atoms with Crippen molar-refractivity contribution in [3.63, 3.8) is 0 Å². The van der Waals surface area contributed by atoms with Gasteiger partial charge in [0.05, 0.1) is 6.54 Å². The van der Waals surface area contributed by atoms with Crippen molar-refractivity contribution in [2.24, 2.45) is 4.99 Å². The molecule has 7 nitrogen and oxygen atoms in total. The van der Waals surface area contributed by atoms with E-state index in [1.165, 1.54) is 0 Å². The minimum atomic E-state index is -4.42. The minimum absolute atomic E-state index is 0. The van der Waals surface area contributed by atoms with E-state index in [1.54, 1.807) is 13.2 Å². The maximum Gasteiger partial charge on any atom is 0.434 e. The van der Waals surface area contributed by atoms with Crippen LogP contribution >= 0.6 is 35.3 Å². The molecule has 3 heterocycles. The topological polar surface area (TPSA) is 68.7 Å². The lowest BCUT2D eigenvalue weighted by Gasteiger charge is -2.33. The molecule has 166 valence electrons. The number of alkyl halides is 3. The number of halogens is 4. The van der Waals surface area contributed by atoms with E-state index >= 15 is 0 Å². The number of nitrogens with zero attached hydrogens (tertiary/aromatic N) is 5. The van der Waals surface area contributed by atoms with Crippen molar-refractivity contribution in [2.75, 3.05) is 45.2 Å². The number of guanidine groups is 1. The van der Waals surface area contributed by atoms with Crippen LogP contribution in [0.5, 0.6) is 0 Å². The van der Waals surface area contributed by atoms with Crippen LogP contribution in [0.2, 0.25) is 0 Å². The van der Waals surface area contributed by atoms with Crippen LogP contribution < -0.4 is 15.5 Å². The van der Waals surface area contributed by atoms with Crippen LogP contribution in [-0.2, 0) is 19.3 Å². The maximum atomic E-state index is 12.6. The van der Waals surface area contributed by atoms with Gasteiger partial charge in [0.2, 0.25) is 0 Å². The fraction of sp³-hybridized carbons (Fsp3) is 0.500. The van der Waals surface area contributed by atoms with E-state index in [4.69, 9.17) is 0 Å². The summed E-state index contributed by atoms with van der Waals surface area (Å²) in [6, 6.07) is 3.97. The second kappa shape index (κ2) is 11.1. The number of rotatable bonds is 5. The highest BCUT2D eigenvalue weighted by molar-refractivity contribution is 14.0. The van der Waals surface area contributed by atoms with Crippen molar-refractivity contribution >= 4 is 47.1 Å². The summed E-state index contributed by atoms with van der Waals surface area (Å²) in [5.74, 6) is 1.44. The van der Waals surface area contributed by atoms with Crippen LogP contribution in [0.15, 0.2) is 28.7 Å². The highest BCUT2D eigenvalue weighted by atomic mass is 127. The molecule has 3 rings (SSSR count). The molecule has 0 saturated carbocycles. The zero-order valence-corrected chi connectivity index (χ0v) is 19.9. The molecular weight excluding hydrogens is 530 g/mol. The van der Waals surface area contributed by atoms with Gasteiger partial charge < -0.3 is 20.4 Å². The molecule has 0 atom stereocenters. The molecule has 30 heavy (non-hydrogen) atoms. The standard InChI is InChI=1S/C18H24F3N7S.HI/c1-22-17(25-11-16-26-14(12-29-16)18(19,20)21)24-10-13-3-4-23-15(9-13)28-7-5-27(2)6-8-28;/h3-4,9,12H,5-8,10-11H2,1-2H3,(H2,22,24,25);1H. The van der Waals surface area contributed by atoms with Gasteiger partial charge in [0, 0.05) is 51.3 Å². The van der Waals surface area contributed by atoms with E-state index in [-0.39, 0.29) is 30.5 Å². The van der Waals surface area contributed by atoms with Gasteiger partial charge in [-0.15, -0.1) is 35.3 Å². The normalized spacial score (nSPS) is 15.6. The molecule has 0 spiro atoms. The number of nitrogens with one attached hydrogen (secondary N) is 2. The molecule has 2 aromatic rings. The van der Waals surface area contributed by atoms with Crippen LogP contribution in [0, 0.1) is 0 Å². The Bertz CT molecular complexity index is 835. The first kappa shape index (κ1) is 24.6. The number of hydrogen-bond acceptors (Lipinski definition) is 6. The minimum Gasteiger partial charge on any atom is -0.354 e. The Labute approximate surface area is 194 Å². The Morgan fingerprint density at radius 1 is 1.20 bits per heavy atom. The van der Waals surface area contributed by atoms with Gasteiger partial charge in [0.15, 0.2) is 11.7 Å². The molecule has 1 aliphatic rings. The zero-order chi connectivity index (χ0) is 20.9. The van der Waals surface area contributed by atoms with Gasteiger partial charge in [-0.25, -0.2) is 9.97 Å². The summed E-state index contributed by atoms with van der Waals surface area (Å²) in [6.07, 6.45) is -2.63. The molecule has 2 N–H and O–H groups in total. The predicted octanol–water partition coefficient (Wildman–Crippen LogP) is 2.79. The van der Waals surface area contributed by atoms with Crippen molar-refractivity contribution in [1.82, 2.24) is 25.5 Å². The largest absolute Gasteiger partial charge is 0.434 e. The molecule has 0 bridgehead atoms. The maximum absolute atomic E-state index is 12.6. The van der Waals surface area contributed by atoms with Crippen LogP contribution in [0.4, 0.5) is 19.0 Å². The molecule has 0 aromatic carbocycles. The van der Waals surface area contributed by atoms with Crippen molar-refractivity contribution < 1.29 is 13.2 Å². The van der Waals surface area contributed by atoms with Gasteiger partial charge in [-0.1, -0.05) is 0 Å². The average Bonchev–Trinajstić information content (AvgIpc) is 3.18. The fourth-order valence-electron chi connectivity index (χ4n) is 2.87. The first-order chi connectivity index (χ1) is 13.8. The third-order valence-corrected chi connectivity index (χ3v) is 5.42. The average molecular weight is 555 g/mol. The van der Waals surface area contributed by atoms with Crippen LogP contribution in [0.25, 0.3) is 0 Å². The second-order valence-electron chi connectivity index (χ2n) is 6.72. The van der Waals surface area contributed by atoms with Gasteiger partial charge in [0.25, 0.3) is 0 Å². The summed E-state index contributed by atoms with van der Waals surface area (Å²) in [6.45, 7) is 4.59. The molecule has 12 heteroatoms. The van der Waals surface area contributed by atoms with E-state index in [1.807, 2.05) is 12.1 Å². The number of piperazine rings is 1. The van der Waals surface area contributed by atoms with Crippen molar-refractivity contribution in [3.05, 3.63) is 40.0 Å². The third-order valence-electron chi connectivity index (χ3n) is 4.57.